The maximum atomic E-state index is 11.9. The molecule has 0 saturated carbocycles. The minimum Gasteiger partial charge on any atom is -0.478 e. The summed E-state index contributed by atoms with van der Waals surface area (Å²) in [5.74, 6) is -0.852. The number of rotatable bonds is 6. The highest BCUT2D eigenvalue weighted by Gasteiger charge is 2.22. The SMILES string of the molecule is Cc1ccc(-c2ccc3c(c2)C=C(C(=O)O)CCN3c2ccc(CN(C)C3CCOCC3)cc2)cc1. The monoisotopic (exact) mass is 482 g/mol. The normalized spacial score (nSPS) is 16.4. The van der Waals surface area contributed by atoms with Crippen molar-refractivity contribution in [3.05, 3.63) is 89.0 Å². The van der Waals surface area contributed by atoms with Gasteiger partial charge in [0.05, 0.1) is 0 Å². The zero-order valence-electron chi connectivity index (χ0n) is 21.1. The summed E-state index contributed by atoms with van der Waals surface area (Å²) >= 11 is 0. The van der Waals surface area contributed by atoms with E-state index < -0.39 is 5.97 Å². The van der Waals surface area contributed by atoms with E-state index in [0.717, 1.165) is 60.7 Å². The van der Waals surface area contributed by atoms with Gasteiger partial charge in [-0.1, -0.05) is 48.0 Å². The molecule has 36 heavy (non-hydrogen) atoms. The molecule has 0 spiro atoms. The van der Waals surface area contributed by atoms with Crippen LogP contribution in [-0.4, -0.2) is 48.8 Å². The molecule has 186 valence electrons. The van der Waals surface area contributed by atoms with Crippen molar-refractivity contribution in [2.75, 3.05) is 31.7 Å². The summed E-state index contributed by atoms with van der Waals surface area (Å²) in [5, 5.41) is 9.79. The fourth-order valence-corrected chi connectivity index (χ4v) is 5.22. The minimum absolute atomic E-state index is 0.439. The molecule has 1 fully saturated rings. The third-order valence-corrected chi connectivity index (χ3v) is 7.41. The van der Waals surface area contributed by atoms with E-state index in [1.807, 2.05) is 6.08 Å². The van der Waals surface area contributed by atoms with E-state index in [4.69, 9.17) is 4.74 Å². The minimum atomic E-state index is -0.852. The van der Waals surface area contributed by atoms with E-state index in [1.54, 1.807) is 0 Å². The van der Waals surface area contributed by atoms with E-state index in [2.05, 4.69) is 90.5 Å². The van der Waals surface area contributed by atoms with Crippen LogP contribution in [0.5, 0.6) is 0 Å². The van der Waals surface area contributed by atoms with Crippen LogP contribution in [0.4, 0.5) is 11.4 Å². The lowest BCUT2D eigenvalue weighted by atomic mass is 9.99. The Balaban J connectivity index is 1.41. The summed E-state index contributed by atoms with van der Waals surface area (Å²) in [6, 6.07) is 24.1. The van der Waals surface area contributed by atoms with Gasteiger partial charge in [-0.2, -0.15) is 0 Å². The first-order valence-electron chi connectivity index (χ1n) is 12.8. The van der Waals surface area contributed by atoms with Crippen molar-refractivity contribution in [2.45, 2.75) is 38.8 Å². The molecule has 2 heterocycles. The van der Waals surface area contributed by atoms with Gasteiger partial charge in [0, 0.05) is 49.3 Å². The molecule has 0 bridgehead atoms. The Morgan fingerprint density at radius 1 is 1.00 bits per heavy atom. The lowest BCUT2D eigenvalue weighted by molar-refractivity contribution is -0.132. The number of nitrogens with zero attached hydrogens (tertiary/aromatic N) is 2. The Hall–Kier alpha value is -3.41. The van der Waals surface area contributed by atoms with E-state index >= 15 is 0 Å². The van der Waals surface area contributed by atoms with Crippen molar-refractivity contribution >= 4 is 23.4 Å². The zero-order chi connectivity index (χ0) is 25.1. The van der Waals surface area contributed by atoms with E-state index in [-0.39, 0.29) is 0 Å². The van der Waals surface area contributed by atoms with Crippen molar-refractivity contribution in [1.29, 1.82) is 0 Å². The Kier molecular flexibility index (Phi) is 7.21. The largest absolute Gasteiger partial charge is 0.478 e. The van der Waals surface area contributed by atoms with Gasteiger partial charge in [-0.3, -0.25) is 4.90 Å². The number of benzene rings is 3. The molecular formula is C31H34N2O3. The topological polar surface area (TPSA) is 53.0 Å². The fourth-order valence-electron chi connectivity index (χ4n) is 5.22. The quantitative estimate of drug-likeness (QED) is 0.448. The molecule has 1 N–H and O–H groups in total. The number of hydrogen-bond donors (Lipinski definition) is 1. The Morgan fingerprint density at radius 3 is 2.39 bits per heavy atom. The standard InChI is InChI=1S/C31H34N2O3/c1-22-3-7-24(8-4-22)25-9-12-30-27(19-25)20-26(31(34)35)13-16-33(30)29-10-5-23(6-11-29)21-32(2)28-14-17-36-18-15-28/h3-12,19-20,28H,13-18,21H2,1-2H3,(H,34,35). The first-order chi connectivity index (χ1) is 17.5. The molecule has 0 aromatic heterocycles. The van der Waals surface area contributed by atoms with Crippen LogP contribution in [0.1, 0.15) is 36.0 Å². The van der Waals surface area contributed by atoms with Gasteiger partial charge in [-0.05, 0) is 85.8 Å². The van der Waals surface area contributed by atoms with Gasteiger partial charge in [0.2, 0.25) is 0 Å². The number of aliphatic carboxylic acids is 1. The van der Waals surface area contributed by atoms with Crippen LogP contribution in [0.25, 0.3) is 17.2 Å². The second-order valence-electron chi connectivity index (χ2n) is 9.94. The molecule has 1 saturated heterocycles. The second-order valence-corrected chi connectivity index (χ2v) is 9.94. The van der Waals surface area contributed by atoms with Crippen LogP contribution < -0.4 is 4.90 Å². The number of carboxylic acid groups (broad SMARTS) is 1. The number of aryl methyl sites for hydroxylation is 1. The summed E-state index contributed by atoms with van der Waals surface area (Å²) in [6.07, 6.45) is 4.50. The maximum absolute atomic E-state index is 11.9. The first kappa shape index (κ1) is 24.3. The first-order valence-corrected chi connectivity index (χ1v) is 12.8. The molecule has 0 aliphatic carbocycles. The van der Waals surface area contributed by atoms with Crippen molar-refractivity contribution in [3.8, 4) is 11.1 Å². The smallest absolute Gasteiger partial charge is 0.331 e. The molecule has 0 atom stereocenters. The van der Waals surface area contributed by atoms with Crippen LogP contribution in [0.2, 0.25) is 0 Å². The highest BCUT2D eigenvalue weighted by molar-refractivity contribution is 5.95. The number of hydrogen-bond acceptors (Lipinski definition) is 4. The summed E-state index contributed by atoms with van der Waals surface area (Å²) < 4.78 is 5.51. The predicted molar refractivity (Wildman–Crippen MR) is 146 cm³/mol. The molecule has 3 aromatic carbocycles. The van der Waals surface area contributed by atoms with Crippen LogP contribution in [0, 0.1) is 6.92 Å². The Labute approximate surface area is 213 Å². The Bertz CT molecular complexity index is 1240. The third kappa shape index (κ3) is 5.38. The summed E-state index contributed by atoms with van der Waals surface area (Å²) in [7, 11) is 2.19. The number of anilines is 2. The fraction of sp³-hybridized carbons (Fsp3) is 0.323. The van der Waals surface area contributed by atoms with Gasteiger partial charge in [0.15, 0.2) is 0 Å². The van der Waals surface area contributed by atoms with Gasteiger partial charge in [0.1, 0.15) is 0 Å². The van der Waals surface area contributed by atoms with Crippen molar-refractivity contribution < 1.29 is 14.6 Å². The average Bonchev–Trinajstić information content (AvgIpc) is 3.10. The lowest BCUT2D eigenvalue weighted by Crippen LogP contribution is -2.36. The summed E-state index contributed by atoms with van der Waals surface area (Å²) in [6.45, 7) is 5.30. The van der Waals surface area contributed by atoms with Crippen LogP contribution in [0.3, 0.4) is 0 Å². The molecule has 2 aliphatic rings. The number of carbonyl (C=O) groups is 1. The van der Waals surface area contributed by atoms with Crippen molar-refractivity contribution in [3.63, 3.8) is 0 Å². The van der Waals surface area contributed by atoms with Gasteiger partial charge in [0.25, 0.3) is 0 Å². The van der Waals surface area contributed by atoms with Gasteiger partial charge in [-0.15, -0.1) is 0 Å². The summed E-state index contributed by atoms with van der Waals surface area (Å²) in [4.78, 5) is 16.6. The average molecular weight is 483 g/mol. The number of carboxylic acids is 1. The molecule has 5 heteroatoms. The van der Waals surface area contributed by atoms with Gasteiger partial charge < -0.3 is 14.7 Å². The van der Waals surface area contributed by atoms with Crippen molar-refractivity contribution in [1.82, 2.24) is 4.90 Å². The van der Waals surface area contributed by atoms with Crippen LogP contribution >= 0.6 is 0 Å². The van der Waals surface area contributed by atoms with Gasteiger partial charge >= 0.3 is 5.97 Å². The van der Waals surface area contributed by atoms with E-state index in [9.17, 15) is 9.90 Å². The van der Waals surface area contributed by atoms with Crippen molar-refractivity contribution in [2.24, 2.45) is 0 Å². The molecule has 0 amide bonds. The zero-order valence-corrected chi connectivity index (χ0v) is 21.1. The maximum Gasteiger partial charge on any atom is 0.331 e. The van der Waals surface area contributed by atoms with Gasteiger partial charge in [-0.25, -0.2) is 4.79 Å². The van der Waals surface area contributed by atoms with Crippen LogP contribution in [-0.2, 0) is 16.1 Å². The molecule has 5 rings (SSSR count). The molecule has 2 aliphatic heterocycles. The highest BCUT2D eigenvalue weighted by Crippen LogP contribution is 2.36. The molecular weight excluding hydrogens is 448 g/mol. The van der Waals surface area contributed by atoms with Crippen LogP contribution in [0.15, 0.2) is 72.3 Å². The number of fused-ring (bicyclic) bond motifs is 1. The third-order valence-electron chi connectivity index (χ3n) is 7.41. The van der Waals surface area contributed by atoms with E-state index in [1.165, 1.54) is 11.1 Å². The van der Waals surface area contributed by atoms with E-state index in [0.29, 0.717) is 24.6 Å². The summed E-state index contributed by atoms with van der Waals surface area (Å²) in [5.41, 5.74) is 8.20. The Morgan fingerprint density at radius 2 is 1.69 bits per heavy atom. The molecule has 0 unspecified atom stereocenters. The molecule has 5 nitrogen and oxygen atoms in total. The lowest BCUT2D eigenvalue weighted by Gasteiger charge is -2.31. The number of ether oxygens (including phenoxy) is 1. The highest BCUT2D eigenvalue weighted by atomic mass is 16.5. The predicted octanol–water partition coefficient (Wildman–Crippen LogP) is 6.28. The second kappa shape index (κ2) is 10.7. The molecule has 3 aromatic rings. The molecule has 0 radical (unpaired) electrons.